The zero-order valence-corrected chi connectivity index (χ0v) is 10.4. The summed E-state index contributed by atoms with van der Waals surface area (Å²) >= 11 is 4.89. The maximum atomic E-state index is 12.1. The van der Waals surface area contributed by atoms with E-state index in [1.165, 1.54) is 4.90 Å². The molecule has 0 fully saturated rings. The van der Waals surface area contributed by atoms with Gasteiger partial charge in [0.15, 0.2) is 0 Å². The number of nitrogens with two attached hydrogens (primary N) is 1. The average Bonchev–Trinajstić information content (AvgIpc) is 2.28. The highest BCUT2D eigenvalue weighted by molar-refractivity contribution is 7.80. The minimum Gasteiger partial charge on any atom is -0.392 e. The van der Waals surface area contributed by atoms with Gasteiger partial charge in [0.2, 0.25) is 5.91 Å². The molecule has 0 aliphatic heterocycles. The van der Waals surface area contributed by atoms with E-state index in [0.717, 1.165) is 0 Å². The molecule has 0 bridgehead atoms. The number of hydrogen-bond donors (Lipinski definition) is 1. The van der Waals surface area contributed by atoms with Gasteiger partial charge in [0.25, 0.3) is 0 Å². The van der Waals surface area contributed by atoms with Crippen LogP contribution in [0.15, 0.2) is 24.4 Å². The van der Waals surface area contributed by atoms with Crippen molar-refractivity contribution in [2.45, 2.75) is 13.8 Å². The summed E-state index contributed by atoms with van der Waals surface area (Å²) in [6, 6.07) is 5.37. The van der Waals surface area contributed by atoms with E-state index in [1.807, 2.05) is 6.07 Å². The van der Waals surface area contributed by atoms with Crippen molar-refractivity contribution in [2.75, 3.05) is 11.9 Å². The predicted octanol–water partition coefficient (Wildman–Crippen LogP) is 1.36. The van der Waals surface area contributed by atoms with Crippen LogP contribution in [0.5, 0.6) is 0 Å². The third-order valence-corrected chi connectivity index (χ3v) is 2.96. The van der Waals surface area contributed by atoms with Crippen molar-refractivity contribution in [3.63, 3.8) is 0 Å². The first kappa shape index (κ1) is 12.6. The fraction of sp³-hybridized carbons (Fsp3) is 0.364. The molecule has 1 aromatic rings. The fourth-order valence-corrected chi connectivity index (χ4v) is 1.27. The zero-order valence-electron chi connectivity index (χ0n) is 9.60. The van der Waals surface area contributed by atoms with Crippen LogP contribution < -0.4 is 10.6 Å². The summed E-state index contributed by atoms with van der Waals surface area (Å²) in [4.78, 5) is 17.9. The van der Waals surface area contributed by atoms with E-state index in [9.17, 15) is 4.79 Å². The highest BCUT2D eigenvalue weighted by Crippen LogP contribution is 2.21. The van der Waals surface area contributed by atoms with Gasteiger partial charge in [-0.3, -0.25) is 9.69 Å². The zero-order chi connectivity index (χ0) is 12.3. The molecule has 1 amide bonds. The lowest BCUT2D eigenvalue weighted by Crippen LogP contribution is -2.46. The van der Waals surface area contributed by atoms with Gasteiger partial charge in [0, 0.05) is 13.2 Å². The Labute approximate surface area is 100 Å². The Morgan fingerprint density at radius 1 is 1.50 bits per heavy atom. The van der Waals surface area contributed by atoms with Crippen molar-refractivity contribution >= 4 is 28.9 Å². The van der Waals surface area contributed by atoms with Crippen molar-refractivity contribution in [1.82, 2.24) is 4.98 Å². The first-order valence-electron chi connectivity index (χ1n) is 4.86. The van der Waals surface area contributed by atoms with Crippen LogP contribution in [0.4, 0.5) is 5.82 Å². The van der Waals surface area contributed by atoms with Crippen molar-refractivity contribution in [3.05, 3.63) is 24.4 Å². The molecule has 4 nitrogen and oxygen atoms in total. The highest BCUT2D eigenvalue weighted by Gasteiger charge is 2.34. The molecule has 0 atom stereocenters. The molecule has 16 heavy (non-hydrogen) atoms. The number of nitrogens with zero attached hydrogens (tertiary/aromatic N) is 2. The third kappa shape index (κ3) is 2.36. The van der Waals surface area contributed by atoms with Gasteiger partial charge in [0.05, 0.1) is 10.4 Å². The SMILES string of the molecule is CN(C(=O)C(C)(C)C(N)=S)c1ccccn1. The smallest absolute Gasteiger partial charge is 0.240 e. The van der Waals surface area contributed by atoms with Crippen LogP contribution in [0.2, 0.25) is 0 Å². The Hall–Kier alpha value is -1.49. The number of carbonyl (C=O) groups excluding carboxylic acids is 1. The van der Waals surface area contributed by atoms with Gasteiger partial charge >= 0.3 is 0 Å². The molecule has 0 aliphatic rings. The fourth-order valence-electron chi connectivity index (χ4n) is 1.18. The van der Waals surface area contributed by atoms with E-state index in [4.69, 9.17) is 18.0 Å². The van der Waals surface area contributed by atoms with Gasteiger partial charge in [-0.15, -0.1) is 0 Å². The molecule has 0 saturated carbocycles. The Morgan fingerprint density at radius 2 is 2.12 bits per heavy atom. The average molecular weight is 237 g/mol. The summed E-state index contributed by atoms with van der Waals surface area (Å²) in [5.74, 6) is 0.413. The molecule has 0 aromatic carbocycles. The lowest BCUT2D eigenvalue weighted by atomic mass is 9.92. The number of hydrogen-bond acceptors (Lipinski definition) is 3. The summed E-state index contributed by atoms with van der Waals surface area (Å²) in [5.41, 5.74) is 4.69. The number of rotatable bonds is 3. The van der Waals surface area contributed by atoms with Gasteiger partial charge < -0.3 is 5.73 Å². The van der Waals surface area contributed by atoms with E-state index < -0.39 is 5.41 Å². The third-order valence-electron chi connectivity index (χ3n) is 2.45. The number of aromatic nitrogens is 1. The Balaban J connectivity index is 2.96. The Morgan fingerprint density at radius 3 is 2.56 bits per heavy atom. The summed E-state index contributed by atoms with van der Waals surface area (Å²) in [5, 5.41) is 0. The second-order valence-corrected chi connectivity index (χ2v) is 4.48. The monoisotopic (exact) mass is 237 g/mol. The van der Waals surface area contributed by atoms with E-state index >= 15 is 0 Å². The number of thiocarbonyl (C=S) groups is 1. The molecule has 2 N–H and O–H groups in total. The van der Waals surface area contributed by atoms with Crippen LogP contribution in [0.1, 0.15) is 13.8 Å². The lowest BCUT2D eigenvalue weighted by Gasteiger charge is -2.27. The Bertz CT molecular complexity index is 403. The van der Waals surface area contributed by atoms with E-state index in [-0.39, 0.29) is 10.9 Å². The standard InChI is InChI=1S/C11H15N3OS/c1-11(2,9(12)16)10(15)14(3)8-6-4-5-7-13-8/h4-7H,1-3H3,(H2,12,16). The summed E-state index contributed by atoms with van der Waals surface area (Å²) in [6.45, 7) is 3.41. The molecular weight excluding hydrogens is 222 g/mol. The molecule has 1 aromatic heterocycles. The molecule has 86 valence electrons. The van der Waals surface area contributed by atoms with Gasteiger partial charge in [-0.05, 0) is 26.0 Å². The minimum absolute atomic E-state index is 0.168. The molecule has 0 saturated heterocycles. The van der Waals surface area contributed by atoms with E-state index in [0.29, 0.717) is 5.82 Å². The van der Waals surface area contributed by atoms with Crippen molar-refractivity contribution in [1.29, 1.82) is 0 Å². The van der Waals surface area contributed by atoms with Crippen LogP contribution in [-0.2, 0) is 4.79 Å². The second-order valence-electron chi connectivity index (χ2n) is 4.04. The van der Waals surface area contributed by atoms with Gasteiger partial charge in [-0.2, -0.15) is 0 Å². The summed E-state index contributed by atoms with van der Waals surface area (Å²) in [7, 11) is 1.66. The predicted molar refractivity (Wildman–Crippen MR) is 68.2 cm³/mol. The molecule has 0 unspecified atom stereocenters. The number of amides is 1. The van der Waals surface area contributed by atoms with Crippen LogP contribution in [0.3, 0.4) is 0 Å². The van der Waals surface area contributed by atoms with E-state index in [2.05, 4.69) is 4.98 Å². The van der Waals surface area contributed by atoms with Gasteiger partial charge in [-0.1, -0.05) is 18.3 Å². The Kier molecular flexibility index (Phi) is 3.59. The van der Waals surface area contributed by atoms with Crippen molar-refractivity contribution in [2.24, 2.45) is 11.1 Å². The molecule has 5 heteroatoms. The van der Waals surface area contributed by atoms with Crippen LogP contribution in [-0.4, -0.2) is 22.9 Å². The van der Waals surface area contributed by atoms with Gasteiger partial charge in [0.1, 0.15) is 5.82 Å². The maximum absolute atomic E-state index is 12.1. The number of pyridine rings is 1. The van der Waals surface area contributed by atoms with Crippen LogP contribution >= 0.6 is 12.2 Å². The molecule has 0 spiro atoms. The molecule has 0 aliphatic carbocycles. The molecule has 1 rings (SSSR count). The highest BCUT2D eigenvalue weighted by atomic mass is 32.1. The second kappa shape index (κ2) is 4.57. The number of anilines is 1. The number of carbonyl (C=O) groups is 1. The van der Waals surface area contributed by atoms with Crippen LogP contribution in [0.25, 0.3) is 0 Å². The normalized spacial score (nSPS) is 10.9. The van der Waals surface area contributed by atoms with Crippen molar-refractivity contribution in [3.8, 4) is 0 Å². The first-order chi connectivity index (χ1) is 7.37. The first-order valence-corrected chi connectivity index (χ1v) is 5.27. The largest absolute Gasteiger partial charge is 0.392 e. The maximum Gasteiger partial charge on any atom is 0.240 e. The van der Waals surface area contributed by atoms with Gasteiger partial charge in [-0.25, -0.2) is 4.98 Å². The van der Waals surface area contributed by atoms with E-state index in [1.54, 1.807) is 39.2 Å². The van der Waals surface area contributed by atoms with Crippen LogP contribution in [0, 0.1) is 5.41 Å². The van der Waals surface area contributed by atoms with Crippen molar-refractivity contribution < 1.29 is 4.79 Å². The minimum atomic E-state index is -0.860. The summed E-state index contributed by atoms with van der Waals surface area (Å²) in [6.07, 6.45) is 1.63. The topological polar surface area (TPSA) is 59.2 Å². The molecule has 1 heterocycles. The quantitative estimate of drug-likeness (QED) is 0.806. The summed E-state index contributed by atoms with van der Waals surface area (Å²) < 4.78 is 0. The molecule has 0 radical (unpaired) electrons. The lowest BCUT2D eigenvalue weighted by molar-refractivity contribution is -0.123. The molecular formula is C11H15N3OS.